The van der Waals surface area contributed by atoms with Gasteiger partial charge in [0, 0.05) is 23.1 Å². The Morgan fingerprint density at radius 2 is 2.20 bits per heavy atom. The Bertz CT molecular complexity index is 448. The molecule has 1 aliphatic heterocycles. The number of amides is 1. The number of carbonyl (C=O) groups excluding carboxylic acids is 1. The molecule has 0 spiro atoms. The van der Waals surface area contributed by atoms with Crippen LogP contribution in [-0.2, 0) is 11.2 Å². The molecular weight excluding hydrogens is 319 g/mol. The molecule has 0 aliphatic carbocycles. The molecule has 2 N–H and O–H groups in total. The van der Waals surface area contributed by atoms with Crippen LogP contribution in [0.1, 0.15) is 18.4 Å². The molecule has 1 aromatic rings. The summed E-state index contributed by atoms with van der Waals surface area (Å²) < 4.78 is 0. The number of carbonyl (C=O) groups is 1. The molecule has 1 aliphatic rings. The summed E-state index contributed by atoms with van der Waals surface area (Å²) in [4.78, 5) is 11.9. The molecule has 1 saturated heterocycles. The summed E-state index contributed by atoms with van der Waals surface area (Å²) in [5.41, 5.74) is 1.01. The minimum absolute atomic E-state index is 0. The molecule has 1 amide bonds. The molecule has 0 saturated carbocycles. The van der Waals surface area contributed by atoms with Gasteiger partial charge in [-0.2, -0.15) is 0 Å². The average molecular weight is 338 g/mol. The summed E-state index contributed by atoms with van der Waals surface area (Å²) in [7, 11) is 0. The predicted molar refractivity (Wildman–Crippen MR) is 86.0 cm³/mol. The summed E-state index contributed by atoms with van der Waals surface area (Å²) in [6, 6.07) is 5.44. The third-order valence-electron chi connectivity index (χ3n) is 3.38. The lowest BCUT2D eigenvalue weighted by Gasteiger charge is -2.21. The number of nitrogens with one attached hydrogen (secondary N) is 2. The fourth-order valence-electron chi connectivity index (χ4n) is 2.26. The van der Waals surface area contributed by atoms with Crippen LogP contribution >= 0.6 is 35.6 Å². The van der Waals surface area contributed by atoms with E-state index >= 15 is 0 Å². The van der Waals surface area contributed by atoms with Gasteiger partial charge in [-0.1, -0.05) is 29.3 Å². The fourth-order valence-corrected chi connectivity index (χ4v) is 2.77. The van der Waals surface area contributed by atoms with E-state index < -0.39 is 0 Å². The molecule has 1 heterocycles. The molecule has 0 bridgehead atoms. The van der Waals surface area contributed by atoms with E-state index in [2.05, 4.69) is 10.6 Å². The highest BCUT2D eigenvalue weighted by Gasteiger charge is 2.20. The SMILES string of the molecule is Cl.O=C(NCCc1ccc(Cl)cc1Cl)[C@@H]1CCCNC1. The zero-order valence-electron chi connectivity index (χ0n) is 11.1. The van der Waals surface area contributed by atoms with Crippen LogP contribution in [0.3, 0.4) is 0 Å². The first-order chi connectivity index (χ1) is 9.16. The second-order valence-electron chi connectivity index (χ2n) is 4.82. The topological polar surface area (TPSA) is 41.1 Å². The Balaban J connectivity index is 0.00000200. The van der Waals surface area contributed by atoms with Crippen LogP contribution < -0.4 is 10.6 Å². The van der Waals surface area contributed by atoms with E-state index in [0.29, 0.717) is 16.6 Å². The monoisotopic (exact) mass is 336 g/mol. The maximum absolute atomic E-state index is 11.9. The summed E-state index contributed by atoms with van der Waals surface area (Å²) >= 11 is 11.9. The molecule has 1 aromatic carbocycles. The van der Waals surface area contributed by atoms with E-state index in [9.17, 15) is 4.79 Å². The Labute approximate surface area is 135 Å². The lowest BCUT2D eigenvalue weighted by Crippen LogP contribution is -2.41. The molecule has 0 radical (unpaired) electrons. The van der Waals surface area contributed by atoms with E-state index in [4.69, 9.17) is 23.2 Å². The fraction of sp³-hybridized carbons (Fsp3) is 0.500. The van der Waals surface area contributed by atoms with Gasteiger partial charge in [0.2, 0.25) is 5.91 Å². The molecule has 6 heteroatoms. The summed E-state index contributed by atoms with van der Waals surface area (Å²) in [6.45, 7) is 2.41. The third-order valence-corrected chi connectivity index (χ3v) is 3.96. The van der Waals surface area contributed by atoms with E-state index in [1.54, 1.807) is 6.07 Å². The van der Waals surface area contributed by atoms with Crippen LogP contribution in [0.25, 0.3) is 0 Å². The van der Waals surface area contributed by atoms with Gasteiger partial charge in [-0.25, -0.2) is 0 Å². The first-order valence-corrected chi connectivity index (χ1v) is 7.35. The van der Waals surface area contributed by atoms with Crippen molar-refractivity contribution in [2.24, 2.45) is 5.92 Å². The first kappa shape index (κ1) is 17.6. The molecule has 3 nitrogen and oxygen atoms in total. The number of rotatable bonds is 4. The number of hydrogen-bond acceptors (Lipinski definition) is 2. The van der Waals surface area contributed by atoms with E-state index in [1.165, 1.54) is 0 Å². The van der Waals surface area contributed by atoms with Gasteiger partial charge in [0.15, 0.2) is 0 Å². The van der Waals surface area contributed by atoms with Crippen molar-refractivity contribution in [1.82, 2.24) is 10.6 Å². The highest BCUT2D eigenvalue weighted by atomic mass is 35.5. The van der Waals surface area contributed by atoms with Crippen molar-refractivity contribution in [2.45, 2.75) is 19.3 Å². The van der Waals surface area contributed by atoms with E-state index in [1.807, 2.05) is 12.1 Å². The number of benzene rings is 1. The lowest BCUT2D eigenvalue weighted by atomic mass is 9.99. The molecule has 1 fully saturated rings. The van der Waals surface area contributed by atoms with Crippen molar-refractivity contribution in [1.29, 1.82) is 0 Å². The summed E-state index contributed by atoms with van der Waals surface area (Å²) in [5, 5.41) is 7.50. The first-order valence-electron chi connectivity index (χ1n) is 6.59. The van der Waals surface area contributed by atoms with Crippen LogP contribution in [0.15, 0.2) is 18.2 Å². The Kier molecular flexibility index (Phi) is 7.67. The second kappa shape index (κ2) is 8.73. The van der Waals surface area contributed by atoms with Gasteiger partial charge in [-0.05, 0) is 43.5 Å². The van der Waals surface area contributed by atoms with Crippen LogP contribution in [0.4, 0.5) is 0 Å². The minimum Gasteiger partial charge on any atom is -0.355 e. The maximum atomic E-state index is 11.9. The largest absolute Gasteiger partial charge is 0.355 e. The van der Waals surface area contributed by atoms with Crippen molar-refractivity contribution < 1.29 is 4.79 Å². The minimum atomic E-state index is 0. The summed E-state index contributed by atoms with van der Waals surface area (Å²) in [6.07, 6.45) is 2.77. The van der Waals surface area contributed by atoms with Gasteiger partial charge in [0.1, 0.15) is 0 Å². The predicted octanol–water partition coefficient (Wildman–Crippen LogP) is 3.07. The standard InChI is InChI=1S/C14H18Cl2N2O.ClH/c15-12-4-3-10(13(16)8-12)5-7-18-14(19)11-2-1-6-17-9-11;/h3-4,8,11,17H,1-2,5-7,9H2,(H,18,19);1H/t11-;/m1./s1. The highest BCUT2D eigenvalue weighted by molar-refractivity contribution is 6.35. The van der Waals surface area contributed by atoms with Crippen molar-refractivity contribution >= 4 is 41.5 Å². The average Bonchev–Trinajstić information content (AvgIpc) is 2.42. The molecule has 112 valence electrons. The molecule has 0 aromatic heterocycles. The molecule has 2 rings (SSSR count). The number of hydrogen-bond donors (Lipinski definition) is 2. The highest BCUT2D eigenvalue weighted by Crippen LogP contribution is 2.21. The Hall–Kier alpha value is -0.480. The van der Waals surface area contributed by atoms with E-state index in [-0.39, 0.29) is 24.2 Å². The van der Waals surface area contributed by atoms with Crippen molar-refractivity contribution in [2.75, 3.05) is 19.6 Å². The van der Waals surface area contributed by atoms with E-state index in [0.717, 1.165) is 37.9 Å². The zero-order valence-corrected chi connectivity index (χ0v) is 13.5. The third kappa shape index (κ3) is 5.13. The van der Waals surface area contributed by atoms with Gasteiger partial charge in [0.05, 0.1) is 5.92 Å². The van der Waals surface area contributed by atoms with Gasteiger partial charge >= 0.3 is 0 Å². The lowest BCUT2D eigenvalue weighted by molar-refractivity contribution is -0.125. The molecular formula is C14H19Cl3N2O. The van der Waals surface area contributed by atoms with Crippen molar-refractivity contribution in [3.8, 4) is 0 Å². The second-order valence-corrected chi connectivity index (χ2v) is 5.66. The van der Waals surface area contributed by atoms with Crippen LogP contribution in [0.2, 0.25) is 10.0 Å². The normalized spacial score (nSPS) is 18.2. The van der Waals surface area contributed by atoms with Crippen LogP contribution in [-0.4, -0.2) is 25.5 Å². The van der Waals surface area contributed by atoms with Crippen molar-refractivity contribution in [3.63, 3.8) is 0 Å². The molecule has 0 unspecified atom stereocenters. The maximum Gasteiger partial charge on any atom is 0.224 e. The van der Waals surface area contributed by atoms with Gasteiger partial charge < -0.3 is 10.6 Å². The smallest absolute Gasteiger partial charge is 0.224 e. The zero-order chi connectivity index (χ0) is 13.7. The van der Waals surface area contributed by atoms with Crippen molar-refractivity contribution in [3.05, 3.63) is 33.8 Å². The van der Waals surface area contributed by atoms with Gasteiger partial charge in [0.25, 0.3) is 0 Å². The number of halogens is 3. The van der Waals surface area contributed by atoms with Gasteiger partial charge in [-0.15, -0.1) is 12.4 Å². The quantitative estimate of drug-likeness (QED) is 0.886. The molecule has 20 heavy (non-hydrogen) atoms. The molecule has 1 atom stereocenters. The van der Waals surface area contributed by atoms with Gasteiger partial charge in [-0.3, -0.25) is 4.79 Å². The Morgan fingerprint density at radius 3 is 2.85 bits per heavy atom. The van der Waals surface area contributed by atoms with Crippen LogP contribution in [0, 0.1) is 5.92 Å². The summed E-state index contributed by atoms with van der Waals surface area (Å²) in [5.74, 6) is 0.242. The van der Waals surface area contributed by atoms with Crippen LogP contribution in [0.5, 0.6) is 0 Å². The Morgan fingerprint density at radius 1 is 1.40 bits per heavy atom. The number of piperidine rings is 1.